The third-order valence-corrected chi connectivity index (χ3v) is 1.88. The Kier molecular flexibility index (Phi) is 3.71. The molecule has 0 unspecified atom stereocenters. The third kappa shape index (κ3) is 2.63. The van der Waals surface area contributed by atoms with Crippen LogP contribution < -0.4 is 5.32 Å². The molecule has 1 amide bonds. The summed E-state index contributed by atoms with van der Waals surface area (Å²) in [6.45, 7) is 2.05. The van der Waals surface area contributed by atoms with Gasteiger partial charge in [0.2, 0.25) is 5.78 Å². The first kappa shape index (κ1) is 11.8. The van der Waals surface area contributed by atoms with E-state index in [2.05, 4.69) is 5.32 Å². The van der Waals surface area contributed by atoms with Crippen molar-refractivity contribution in [3.8, 4) is 0 Å². The van der Waals surface area contributed by atoms with Crippen molar-refractivity contribution in [2.24, 2.45) is 0 Å². The lowest BCUT2D eigenvalue weighted by atomic mass is 10.1. The monoisotopic (exact) mass is 222 g/mol. The van der Waals surface area contributed by atoms with Gasteiger partial charge < -0.3 is 5.32 Å². The molecule has 0 saturated heterocycles. The molecule has 6 heteroatoms. The van der Waals surface area contributed by atoms with Gasteiger partial charge >= 0.3 is 0 Å². The van der Waals surface area contributed by atoms with Crippen LogP contribution in [0.2, 0.25) is 0 Å². The standard InChI is InChI=1S/C10H10N2O4/c1-2-11-10(14)9(13)7-3-5-8(6-4-7)12(15)16/h3-6H,2H2,1H3,(H,11,14). The topological polar surface area (TPSA) is 89.3 Å². The summed E-state index contributed by atoms with van der Waals surface area (Å²) in [6.07, 6.45) is 0. The average molecular weight is 222 g/mol. The lowest BCUT2D eigenvalue weighted by Gasteiger charge is -2.00. The van der Waals surface area contributed by atoms with Crippen LogP contribution in [0, 0.1) is 10.1 Å². The summed E-state index contributed by atoms with van der Waals surface area (Å²) in [5.74, 6) is -1.41. The maximum atomic E-state index is 11.4. The Morgan fingerprint density at radius 3 is 2.31 bits per heavy atom. The number of nitrogens with one attached hydrogen (secondary N) is 1. The number of nitro benzene ring substituents is 1. The van der Waals surface area contributed by atoms with E-state index in [1.807, 2.05) is 0 Å². The summed E-state index contributed by atoms with van der Waals surface area (Å²) in [5.41, 5.74) is 0.0176. The number of hydrogen-bond donors (Lipinski definition) is 1. The van der Waals surface area contributed by atoms with E-state index in [-0.39, 0.29) is 11.3 Å². The Labute approximate surface area is 91.4 Å². The lowest BCUT2D eigenvalue weighted by molar-refractivity contribution is -0.384. The second-order valence-corrected chi connectivity index (χ2v) is 2.99. The van der Waals surface area contributed by atoms with Crippen LogP contribution in [0.15, 0.2) is 24.3 Å². The molecule has 1 aromatic rings. The predicted molar refractivity (Wildman–Crippen MR) is 56.1 cm³/mol. The van der Waals surface area contributed by atoms with E-state index in [0.29, 0.717) is 6.54 Å². The van der Waals surface area contributed by atoms with Crippen molar-refractivity contribution in [1.29, 1.82) is 0 Å². The molecule has 0 atom stereocenters. The Morgan fingerprint density at radius 2 is 1.88 bits per heavy atom. The summed E-state index contributed by atoms with van der Waals surface area (Å²) < 4.78 is 0. The van der Waals surface area contributed by atoms with Crippen LogP contribution in [0.5, 0.6) is 0 Å². The normalized spacial score (nSPS) is 9.56. The van der Waals surface area contributed by atoms with Crippen molar-refractivity contribution >= 4 is 17.4 Å². The van der Waals surface area contributed by atoms with Gasteiger partial charge in [0.25, 0.3) is 11.6 Å². The zero-order valence-corrected chi connectivity index (χ0v) is 8.60. The molecule has 0 aromatic heterocycles. The van der Waals surface area contributed by atoms with E-state index in [4.69, 9.17) is 0 Å². The van der Waals surface area contributed by atoms with Crippen LogP contribution >= 0.6 is 0 Å². The van der Waals surface area contributed by atoms with Crippen molar-refractivity contribution in [2.75, 3.05) is 6.54 Å². The number of ketones is 1. The fourth-order valence-corrected chi connectivity index (χ4v) is 1.11. The average Bonchev–Trinajstić information content (AvgIpc) is 2.28. The van der Waals surface area contributed by atoms with Gasteiger partial charge in [0.1, 0.15) is 0 Å². The molecule has 0 aliphatic rings. The van der Waals surface area contributed by atoms with Crippen LogP contribution in [0.4, 0.5) is 5.69 Å². The summed E-state index contributed by atoms with van der Waals surface area (Å²) in [4.78, 5) is 32.4. The largest absolute Gasteiger partial charge is 0.349 e. The van der Waals surface area contributed by atoms with Crippen LogP contribution in [-0.2, 0) is 4.79 Å². The Morgan fingerprint density at radius 1 is 1.31 bits per heavy atom. The van der Waals surface area contributed by atoms with Gasteiger partial charge in [-0.3, -0.25) is 19.7 Å². The van der Waals surface area contributed by atoms with Crippen LogP contribution in [-0.4, -0.2) is 23.2 Å². The van der Waals surface area contributed by atoms with Crippen LogP contribution in [0.25, 0.3) is 0 Å². The summed E-state index contributed by atoms with van der Waals surface area (Å²) in [6, 6.07) is 4.89. The first-order valence-corrected chi connectivity index (χ1v) is 4.63. The molecule has 0 aliphatic carbocycles. The van der Waals surface area contributed by atoms with Gasteiger partial charge in [0.15, 0.2) is 0 Å². The van der Waals surface area contributed by atoms with Crippen molar-refractivity contribution < 1.29 is 14.5 Å². The number of carbonyl (C=O) groups excluding carboxylic acids is 2. The Bertz CT molecular complexity index is 425. The summed E-state index contributed by atoms with van der Waals surface area (Å²) in [5, 5.41) is 12.7. The molecule has 6 nitrogen and oxygen atoms in total. The van der Waals surface area contributed by atoms with E-state index >= 15 is 0 Å². The minimum absolute atomic E-state index is 0.118. The quantitative estimate of drug-likeness (QED) is 0.355. The van der Waals surface area contributed by atoms with Gasteiger partial charge in [0, 0.05) is 24.2 Å². The fourth-order valence-electron chi connectivity index (χ4n) is 1.11. The van der Waals surface area contributed by atoms with Crippen molar-refractivity contribution in [3.05, 3.63) is 39.9 Å². The third-order valence-electron chi connectivity index (χ3n) is 1.88. The molecular weight excluding hydrogens is 212 g/mol. The van der Waals surface area contributed by atoms with Gasteiger partial charge in [0.05, 0.1) is 4.92 Å². The van der Waals surface area contributed by atoms with Gasteiger partial charge in [-0.25, -0.2) is 0 Å². The molecule has 1 aromatic carbocycles. The number of non-ortho nitro benzene ring substituents is 1. The first-order chi connectivity index (χ1) is 7.56. The fraction of sp³-hybridized carbons (Fsp3) is 0.200. The molecule has 0 aliphatic heterocycles. The highest BCUT2D eigenvalue weighted by molar-refractivity contribution is 6.42. The minimum Gasteiger partial charge on any atom is -0.349 e. The molecule has 1 rings (SSSR count). The van der Waals surface area contributed by atoms with Gasteiger partial charge in [-0.05, 0) is 19.1 Å². The molecule has 0 saturated carbocycles. The first-order valence-electron chi connectivity index (χ1n) is 4.63. The van der Waals surface area contributed by atoms with Crippen LogP contribution in [0.1, 0.15) is 17.3 Å². The zero-order chi connectivity index (χ0) is 12.1. The number of benzene rings is 1. The van der Waals surface area contributed by atoms with Crippen LogP contribution in [0.3, 0.4) is 0 Å². The minimum atomic E-state index is -0.712. The molecule has 0 spiro atoms. The second-order valence-electron chi connectivity index (χ2n) is 2.99. The molecule has 16 heavy (non-hydrogen) atoms. The Balaban J connectivity index is 2.85. The molecule has 84 valence electrons. The number of carbonyl (C=O) groups is 2. The highest BCUT2D eigenvalue weighted by Crippen LogP contribution is 2.12. The number of likely N-dealkylation sites (N-methyl/N-ethyl adjacent to an activating group) is 1. The lowest BCUT2D eigenvalue weighted by Crippen LogP contribution is -2.30. The van der Waals surface area contributed by atoms with Gasteiger partial charge in [-0.2, -0.15) is 0 Å². The highest BCUT2D eigenvalue weighted by Gasteiger charge is 2.16. The number of nitro groups is 1. The molecule has 0 heterocycles. The molecule has 1 N–H and O–H groups in total. The van der Waals surface area contributed by atoms with Crippen molar-refractivity contribution in [1.82, 2.24) is 5.32 Å². The molecule has 0 radical (unpaired) electrons. The van der Waals surface area contributed by atoms with E-state index in [1.54, 1.807) is 6.92 Å². The highest BCUT2D eigenvalue weighted by atomic mass is 16.6. The zero-order valence-electron chi connectivity index (χ0n) is 8.60. The van der Waals surface area contributed by atoms with E-state index in [0.717, 1.165) is 0 Å². The van der Waals surface area contributed by atoms with E-state index < -0.39 is 16.6 Å². The maximum absolute atomic E-state index is 11.4. The van der Waals surface area contributed by atoms with E-state index in [1.165, 1.54) is 24.3 Å². The number of amides is 1. The number of nitrogens with zero attached hydrogens (tertiary/aromatic N) is 1. The smallest absolute Gasteiger partial charge is 0.292 e. The summed E-state index contributed by atoms with van der Waals surface area (Å²) >= 11 is 0. The Hall–Kier alpha value is -2.24. The second kappa shape index (κ2) is 5.01. The van der Waals surface area contributed by atoms with Crippen molar-refractivity contribution in [3.63, 3.8) is 0 Å². The molecule has 0 bridgehead atoms. The predicted octanol–water partition coefficient (Wildman–Crippen LogP) is 0.914. The number of Topliss-reactive ketones (excluding diaryl/α,β-unsaturated/α-hetero) is 1. The SMILES string of the molecule is CCNC(=O)C(=O)c1ccc([N+](=O)[O-])cc1. The number of rotatable bonds is 4. The van der Waals surface area contributed by atoms with Gasteiger partial charge in [-0.15, -0.1) is 0 Å². The molecular formula is C10H10N2O4. The maximum Gasteiger partial charge on any atom is 0.292 e. The molecule has 0 fully saturated rings. The van der Waals surface area contributed by atoms with Crippen molar-refractivity contribution in [2.45, 2.75) is 6.92 Å². The van der Waals surface area contributed by atoms with Gasteiger partial charge in [-0.1, -0.05) is 0 Å². The van der Waals surface area contributed by atoms with E-state index in [9.17, 15) is 19.7 Å². The summed E-state index contributed by atoms with van der Waals surface area (Å²) in [7, 11) is 0. The number of hydrogen-bond acceptors (Lipinski definition) is 4.